The summed E-state index contributed by atoms with van der Waals surface area (Å²) < 4.78 is 16.1. The quantitative estimate of drug-likeness (QED) is 0.402. The minimum absolute atomic E-state index is 0.0125. The third-order valence-electron chi connectivity index (χ3n) is 5.05. The van der Waals surface area contributed by atoms with Crippen LogP contribution in [0.4, 0.5) is 9.59 Å². The Balaban J connectivity index is 2.23. The van der Waals surface area contributed by atoms with Crippen LogP contribution < -0.4 is 15.5 Å². The van der Waals surface area contributed by atoms with Gasteiger partial charge in [0.05, 0.1) is 19.3 Å². The maximum absolute atomic E-state index is 12.6. The molecule has 2 rings (SSSR count). The number of ether oxygens (including phenoxy) is 3. The van der Waals surface area contributed by atoms with Crippen LogP contribution in [0.2, 0.25) is 0 Å². The molecule has 2 aromatic rings. The maximum Gasteiger partial charge on any atom is 0.422 e. The summed E-state index contributed by atoms with van der Waals surface area (Å²) in [5.74, 6) is 0.708. The summed E-state index contributed by atoms with van der Waals surface area (Å²) in [6, 6.07) is 16.2. The van der Waals surface area contributed by atoms with Crippen molar-refractivity contribution in [3.63, 3.8) is 0 Å². The molecule has 2 atom stereocenters. The number of benzene rings is 2. The Morgan fingerprint density at radius 2 is 1.43 bits per heavy atom. The first-order chi connectivity index (χ1) is 17.2. The molecule has 0 aliphatic heterocycles. The van der Waals surface area contributed by atoms with Crippen molar-refractivity contribution < 1.29 is 28.9 Å². The highest BCUT2D eigenvalue weighted by Crippen LogP contribution is 2.15. The van der Waals surface area contributed by atoms with Crippen molar-refractivity contribution in [3.05, 3.63) is 65.7 Å². The van der Waals surface area contributed by atoms with E-state index in [1.165, 1.54) is 0 Å². The van der Waals surface area contributed by atoms with Crippen LogP contribution in [-0.2, 0) is 22.4 Å². The van der Waals surface area contributed by atoms with Gasteiger partial charge in [-0.1, -0.05) is 42.5 Å². The van der Waals surface area contributed by atoms with Crippen LogP contribution in [0.3, 0.4) is 0 Å². The van der Waals surface area contributed by atoms with Crippen molar-refractivity contribution in [3.8, 4) is 5.75 Å². The number of aliphatic hydroxyl groups excluding tert-OH is 1. The van der Waals surface area contributed by atoms with Crippen LogP contribution in [-0.4, -0.2) is 59.3 Å². The van der Waals surface area contributed by atoms with Gasteiger partial charge in [0.1, 0.15) is 17.0 Å². The summed E-state index contributed by atoms with van der Waals surface area (Å²) in [5, 5.41) is 15.6. The summed E-state index contributed by atoms with van der Waals surface area (Å²) in [6.07, 6.45) is -1.97. The fraction of sp³-hybridized carbons (Fsp3) is 0.500. The van der Waals surface area contributed by atoms with Gasteiger partial charge in [-0.15, -0.1) is 0 Å². The predicted octanol–water partition coefficient (Wildman–Crippen LogP) is 4.43. The number of hydrogen-bond donors (Lipinski definition) is 3. The van der Waals surface area contributed by atoms with Crippen molar-refractivity contribution in [1.82, 2.24) is 15.8 Å². The Morgan fingerprint density at radius 3 is 1.97 bits per heavy atom. The predicted molar refractivity (Wildman–Crippen MR) is 142 cm³/mol. The van der Waals surface area contributed by atoms with Crippen molar-refractivity contribution in [1.29, 1.82) is 0 Å². The Bertz CT molecular complexity index is 984. The van der Waals surface area contributed by atoms with Gasteiger partial charge in [0.25, 0.3) is 0 Å². The monoisotopic (exact) mass is 515 g/mol. The highest BCUT2D eigenvalue weighted by Gasteiger charge is 2.28. The molecule has 2 amide bonds. The molecule has 0 saturated carbocycles. The van der Waals surface area contributed by atoms with E-state index < -0.39 is 35.5 Å². The number of methoxy groups -OCH3 is 1. The molecular weight excluding hydrogens is 474 g/mol. The number of rotatable bonds is 10. The first-order valence-electron chi connectivity index (χ1n) is 12.3. The molecule has 0 spiro atoms. The lowest BCUT2D eigenvalue weighted by Crippen LogP contribution is -2.54. The van der Waals surface area contributed by atoms with Gasteiger partial charge < -0.3 is 24.6 Å². The van der Waals surface area contributed by atoms with Gasteiger partial charge in [0.2, 0.25) is 0 Å². The molecular formula is C28H41N3O6. The Kier molecular flexibility index (Phi) is 10.8. The van der Waals surface area contributed by atoms with E-state index in [-0.39, 0.29) is 13.1 Å². The first-order valence-corrected chi connectivity index (χ1v) is 12.3. The number of amides is 2. The molecule has 0 bridgehead atoms. The average molecular weight is 516 g/mol. The molecule has 0 radical (unpaired) electrons. The second-order valence-electron chi connectivity index (χ2n) is 10.9. The third kappa shape index (κ3) is 12.0. The Morgan fingerprint density at radius 1 is 0.865 bits per heavy atom. The average Bonchev–Trinajstić information content (AvgIpc) is 2.77. The van der Waals surface area contributed by atoms with E-state index in [0.717, 1.165) is 11.1 Å². The molecule has 0 saturated heterocycles. The van der Waals surface area contributed by atoms with Crippen LogP contribution in [0, 0.1) is 0 Å². The maximum atomic E-state index is 12.6. The lowest BCUT2D eigenvalue weighted by molar-refractivity contribution is 0.0105. The number of aliphatic hydroxyl groups is 1. The SMILES string of the molecule is COc1ccc(CN(CC(O)C(Cc2ccccc2)NC(=O)OC(C)(C)C)NC(=O)OC(C)(C)C)cc1. The van der Waals surface area contributed by atoms with E-state index in [2.05, 4.69) is 10.7 Å². The molecule has 9 heteroatoms. The van der Waals surface area contributed by atoms with Gasteiger partial charge in [0, 0.05) is 13.1 Å². The minimum atomic E-state index is -1.05. The van der Waals surface area contributed by atoms with Crippen LogP contribution in [0.5, 0.6) is 5.75 Å². The van der Waals surface area contributed by atoms with E-state index in [1.54, 1.807) is 53.7 Å². The second-order valence-corrected chi connectivity index (χ2v) is 10.9. The smallest absolute Gasteiger partial charge is 0.422 e. The summed E-state index contributed by atoms with van der Waals surface area (Å²) in [7, 11) is 1.59. The Hall–Kier alpha value is -3.30. The zero-order valence-electron chi connectivity index (χ0n) is 22.9. The number of nitrogens with one attached hydrogen (secondary N) is 2. The van der Waals surface area contributed by atoms with Crippen LogP contribution >= 0.6 is 0 Å². The van der Waals surface area contributed by atoms with E-state index in [1.807, 2.05) is 54.6 Å². The van der Waals surface area contributed by atoms with E-state index in [0.29, 0.717) is 12.2 Å². The lowest BCUT2D eigenvalue weighted by atomic mass is 10.0. The number of hydrazine groups is 1. The highest BCUT2D eigenvalue weighted by atomic mass is 16.6. The fourth-order valence-corrected chi connectivity index (χ4v) is 3.49. The fourth-order valence-electron chi connectivity index (χ4n) is 3.49. The molecule has 0 aromatic heterocycles. The highest BCUT2D eigenvalue weighted by molar-refractivity contribution is 5.68. The molecule has 0 aliphatic carbocycles. The molecule has 2 unspecified atom stereocenters. The van der Waals surface area contributed by atoms with Gasteiger partial charge in [-0.05, 0) is 71.2 Å². The Labute approximate surface area is 220 Å². The normalized spacial score (nSPS) is 13.4. The summed E-state index contributed by atoms with van der Waals surface area (Å²) in [5.41, 5.74) is 3.16. The summed E-state index contributed by atoms with van der Waals surface area (Å²) in [4.78, 5) is 25.1. The van der Waals surface area contributed by atoms with Crippen LogP contribution in [0.15, 0.2) is 54.6 Å². The zero-order valence-corrected chi connectivity index (χ0v) is 22.9. The third-order valence-corrected chi connectivity index (χ3v) is 5.05. The molecule has 37 heavy (non-hydrogen) atoms. The molecule has 9 nitrogen and oxygen atoms in total. The molecule has 204 valence electrons. The number of carbonyl (C=O) groups is 2. The van der Waals surface area contributed by atoms with Crippen LogP contribution in [0.1, 0.15) is 52.7 Å². The van der Waals surface area contributed by atoms with Gasteiger partial charge in [-0.3, -0.25) is 5.43 Å². The number of carbonyl (C=O) groups excluding carboxylic acids is 2. The van der Waals surface area contributed by atoms with E-state index in [9.17, 15) is 14.7 Å². The van der Waals surface area contributed by atoms with Gasteiger partial charge in [-0.2, -0.15) is 0 Å². The van der Waals surface area contributed by atoms with Crippen LogP contribution in [0.25, 0.3) is 0 Å². The zero-order chi connectivity index (χ0) is 27.6. The number of hydrogen-bond acceptors (Lipinski definition) is 7. The van der Waals surface area contributed by atoms with Gasteiger partial charge in [0.15, 0.2) is 0 Å². The van der Waals surface area contributed by atoms with E-state index >= 15 is 0 Å². The standard InChI is InChI=1S/C28H41N3O6/c1-27(2,3)36-25(33)29-23(17-20-11-9-8-10-12-20)24(32)19-31(30-26(34)37-28(4,5)6)18-21-13-15-22(35-7)16-14-21/h8-16,23-24,32H,17-19H2,1-7H3,(H,29,33)(H,30,34). The molecule has 0 fully saturated rings. The molecule has 2 aromatic carbocycles. The topological polar surface area (TPSA) is 109 Å². The van der Waals surface area contributed by atoms with E-state index in [4.69, 9.17) is 14.2 Å². The van der Waals surface area contributed by atoms with Crippen molar-refractivity contribution in [2.75, 3.05) is 13.7 Å². The lowest BCUT2D eigenvalue weighted by Gasteiger charge is -2.31. The molecule has 0 aliphatic rings. The van der Waals surface area contributed by atoms with Crippen molar-refractivity contribution in [2.24, 2.45) is 0 Å². The molecule has 0 heterocycles. The first kappa shape index (κ1) is 29.9. The largest absolute Gasteiger partial charge is 0.497 e. The molecule has 3 N–H and O–H groups in total. The summed E-state index contributed by atoms with van der Waals surface area (Å²) in [6.45, 7) is 10.9. The van der Waals surface area contributed by atoms with Crippen molar-refractivity contribution >= 4 is 12.2 Å². The minimum Gasteiger partial charge on any atom is -0.497 e. The van der Waals surface area contributed by atoms with Crippen molar-refractivity contribution in [2.45, 2.75) is 77.9 Å². The summed E-state index contributed by atoms with van der Waals surface area (Å²) >= 11 is 0. The number of alkyl carbamates (subject to hydrolysis) is 1. The van der Waals surface area contributed by atoms with Gasteiger partial charge >= 0.3 is 12.2 Å². The number of nitrogens with zero attached hydrogens (tertiary/aromatic N) is 1. The second kappa shape index (κ2) is 13.3. The van der Waals surface area contributed by atoms with Gasteiger partial charge in [-0.25, -0.2) is 14.6 Å².